The first-order chi connectivity index (χ1) is 18.7. The zero-order valence-corrected chi connectivity index (χ0v) is 22.1. The largest absolute Gasteiger partial charge is 0.490 e. The van der Waals surface area contributed by atoms with Gasteiger partial charge in [-0.15, -0.1) is 11.3 Å². The molecule has 38 heavy (non-hydrogen) atoms. The molecule has 1 N–H and O–H groups in total. The molecular weight excluding hydrogens is 496 g/mol. The molecule has 0 aliphatic carbocycles. The predicted molar refractivity (Wildman–Crippen MR) is 151 cm³/mol. The van der Waals surface area contributed by atoms with Gasteiger partial charge < -0.3 is 19.7 Å². The molecule has 4 heterocycles. The van der Waals surface area contributed by atoms with Gasteiger partial charge in [0.15, 0.2) is 0 Å². The van der Waals surface area contributed by atoms with E-state index in [4.69, 9.17) is 14.5 Å². The highest BCUT2D eigenvalue weighted by molar-refractivity contribution is 7.13. The van der Waals surface area contributed by atoms with E-state index in [9.17, 15) is 0 Å². The van der Waals surface area contributed by atoms with Crippen molar-refractivity contribution < 1.29 is 9.47 Å². The van der Waals surface area contributed by atoms with Crippen LogP contribution in [0.3, 0.4) is 0 Å². The van der Waals surface area contributed by atoms with Crippen LogP contribution in [0, 0.1) is 0 Å². The normalized spacial score (nSPS) is 14.5. The highest BCUT2D eigenvalue weighted by Crippen LogP contribution is 2.37. The third-order valence-electron chi connectivity index (χ3n) is 6.72. The van der Waals surface area contributed by atoms with Crippen LogP contribution in [0.4, 0.5) is 11.6 Å². The third-order valence-corrected chi connectivity index (χ3v) is 7.53. The fraction of sp³-hybridized carbons (Fsp3) is 0.241. The van der Waals surface area contributed by atoms with Gasteiger partial charge in [0, 0.05) is 59.8 Å². The third kappa shape index (κ3) is 5.16. The van der Waals surface area contributed by atoms with Crippen molar-refractivity contribution in [3.8, 4) is 33.3 Å². The maximum absolute atomic E-state index is 6.54. The van der Waals surface area contributed by atoms with Crippen LogP contribution in [0.1, 0.15) is 12.8 Å². The number of hydrogen-bond acceptors (Lipinski definition) is 9. The second kappa shape index (κ2) is 10.7. The Bertz CT molecular complexity index is 1530. The SMILES string of the molecule is COc1ncccc1-c1ccc(Nc2ncc3cc(-c4nccs4)c(OC4CCN(C)CC4)cc3n2)cc1. The Hall–Kier alpha value is -4.08. The topological polar surface area (TPSA) is 85.3 Å². The van der Waals surface area contributed by atoms with Crippen molar-refractivity contribution in [2.45, 2.75) is 18.9 Å². The average Bonchev–Trinajstić information content (AvgIpc) is 3.49. The van der Waals surface area contributed by atoms with Crippen molar-refractivity contribution in [1.82, 2.24) is 24.8 Å². The minimum atomic E-state index is 0.179. The zero-order valence-electron chi connectivity index (χ0n) is 21.3. The number of aromatic nitrogens is 4. The van der Waals surface area contributed by atoms with Crippen LogP contribution < -0.4 is 14.8 Å². The highest BCUT2D eigenvalue weighted by Gasteiger charge is 2.21. The number of piperidine rings is 1. The lowest BCUT2D eigenvalue weighted by molar-refractivity contribution is 0.115. The number of benzene rings is 2. The molecule has 0 bridgehead atoms. The Balaban J connectivity index is 1.27. The lowest BCUT2D eigenvalue weighted by Crippen LogP contribution is -2.35. The molecular formula is C29H28N6O2S. The molecule has 1 aliphatic rings. The molecule has 3 aromatic heterocycles. The van der Waals surface area contributed by atoms with Gasteiger partial charge in [0.2, 0.25) is 11.8 Å². The van der Waals surface area contributed by atoms with Crippen LogP contribution >= 0.6 is 11.3 Å². The second-order valence-electron chi connectivity index (χ2n) is 9.32. The number of ether oxygens (including phenoxy) is 2. The average molecular weight is 525 g/mol. The summed E-state index contributed by atoms with van der Waals surface area (Å²) in [5.74, 6) is 1.94. The van der Waals surface area contributed by atoms with Crippen molar-refractivity contribution in [2.24, 2.45) is 0 Å². The summed E-state index contributed by atoms with van der Waals surface area (Å²) in [4.78, 5) is 20.5. The number of pyridine rings is 1. The molecule has 1 fully saturated rings. The molecule has 5 aromatic rings. The van der Waals surface area contributed by atoms with Crippen molar-refractivity contribution in [3.63, 3.8) is 0 Å². The van der Waals surface area contributed by atoms with Crippen LogP contribution in [0.15, 0.2) is 72.5 Å². The molecule has 9 heteroatoms. The summed E-state index contributed by atoms with van der Waals surface area (Å²) in [5, 5.41) is 7.18. The van der Waals surface area contributed by atoms with E-state index in [1.54, 1.807) is 24.6 Å². The first-order valence-corrected chi connectivity index (χ1v) is 13.5. The Labute approximate surface area is 225 Å². The van der Waals surface area contributed by atoms with Crippen LogP contribution in [0.5, 0.6) is 11.6 Å². The van der Waals surface area contributed by atoms with Gasteiger partial charge in [-0.3, -0.25) is 0 Å². The molecule has 6 rings (SSSR count). The summed E-state index contributed by atoms with van der Waals surface area (Å²) in [5.41, 5.74) is 4.65. The van der Waals surface area contributed by atoms with Crippen molar-refractivity contribution in [3.05, 3.63) is 72.5 Å². The van der Waals surface area contributed by atoms with Gasteiger partial charge in [-0.1, -0.05) is 12.1 Å². The van der Waals surface area contributed by atoms with E-state index in [2.05, 4.69) is 38.3 Å². The maximum atomic E-state index is 6.54. The lowest BCUT2D eigenvalue weighted by atomic mass is 10.1. The Morgan fingerprint density at radius 2 is 1.82 bits per heavy atom. The molecule has 0 atom stereocenters. The van der Waals surface area contributed by atoms with Gasteiger partial charge in [0.25, 0.3) is 0 Å². The molecule has 2 aromatic carbocycles. The maximum Gasteiger partial charge on any atom is 0.227 e. The molecule has 0 unspecified atom stereocenters. The van der Waals surface area contributed by atoms with Gasteiger partial charge in [-0.2, -0.15) is 0 Å². The number of likely N-dealkylation sites (tertiary alicyclic amines) is 1. The second-order valence-corrected chi connectivity index (χ2v) is 10.2. The van der Waals surface area contributed by atoms with E-state index in [1.807, 2.05) is 60.2 Å². The summed E-state index contributed by atoms with van der Waals surface area (Å²) in [6.45, 7) is 2.07. The summed E-state index contributed by atoms with van der Waals surface area (Å²) in [7, 11) is 3.78. The number of nitrogens with one attached hydrogen (secondary N) is 1. The number of anilines is 2. The van der Waals surface area contributed by atoms with Crippen molar-refractivity contribution in [2.75, 3.05) is 32.6 Å². The summed E-state index contributed by atoms with van der Waals surface area (Å²) < 4.78 is 11.9. The fourth-order valence-electron chi connectivity index (χ4n) is 4.66. The minimum absolute atomic E-state index is 0.179. The molecule has 1 aliphatic heterocycles. The Morgan fingerprint density at radius 1 is 0.974 bits per heavy atom. The standard InChI is InChI=1S/C29H28N6O2S/c1-35-13-9-22(10-14-35)37-26-17-25-20(16-24(26)28-31-12-15-38-28)18-32-29(34-25)33-21-7-5-19(6-8-21)23-4-3-11-30-27(23)36-2/h3-8,11-12,15-18,22H,9-10,13-14H2,1-2H3,(H,32,33,34). The molecule has 0 radical (unpaired) electrons. The number of hydrogen-bond donors (Lipinski definition) is 1. The minimum Gasteiger partial charge on any atom is -0.490 e. The van der Waals surface area contributed by atoms with Crippen LogP contribution in [-0.4, -0.2) is 58.2 Å². The Morgan fingerprint density at radius 3 is 2.58 bits per heavy atom. The van der Waals surface area contributed by atoms with Gasteiger partial charge >= 0.3 is 0 Å². The number of nitrogens with zero attached hydrogens (tertiary/aromatic N) is 5. The quantitative estimate of drug-likeness (QED) is 0.276. The van der Waals surface area contributed by atoms with Gasteiger partial charge in [0.05, 0.1) is 18.2 Å². The van der Waals surface area contributed by atoms with E-state index in [1.165, 1.54) is 0 Å². The molecule has 0 spiro atoms. The lowest BCUT2D eigenvalue weighted by Gasteiger charge is -2.29. The number of thiazole rings is 1. The van der Waals surface area contributed by atoms with Crippen molar-refractivity contribution >= 4 is 33.9 Å². The van der Waals surface area contributed by atoms with E-state index >= 15 is 0 Å². The molecule has 8 nitrogen and oxygen atoms in total. The van der Waals surface area contributed by atoms with E-state index < -0.39 is 0 Å². The number of rotatable bonds is 7. The summed E-state index contributed by atoms with van der Waals surface area (Å²) in [6.07, 6.45) is 7.57. The van der Waals surface area contributed by atoms with E-state index in [0.717, 1.165) is 70.0 Å². The fourth-order valence-corrected chi connectivity index (χ4v) is 5.32. The first-order valence-electron chi connectivity index (χ1n) is 12.6. The van der Waals surface area contributed by atoms with Gasteiger partial charge in [0.1, 0.15) is 16.9 Å². The molecule has 0 amide bonds. The zero-order chi connectivity index (χ0) is 25.9. The first kappa shape index (κ1) is 24.3. The van der Waals surface area contributed by atoms with Crippen molar-refractivity contribution in [1.29, 1.82) is 0 Å². The van der Waals surface area contributed by atoms with Crippen LogP contribution in [0.25, 0.3) is 32.6 Å². The predicted octanol–water partition coefficient (Wildman–Crippen LogP) is 6.04. The smallest absolute Gasteiger partial charge is 0.227 e. The van der Waals surface area contributed by atoms with Gasteiger partial charge in [-0.05, 0) is 55.8 Å². The summed E-state index contributed by atoms with van der Waals surface area (Å²) in [6, 6.07) is 16.0. The molecule has 1 saturated heterocycles. The molecule has 192 valence electrons. The van der Waals surface area contributed by atoms with E-state index in [0.29, 0.717) is 11.8 Å². The van der Waals surface area contributed by atoms with Crippen LogP contribution in [-0.2, 0) is 0 Å². The highest BCUT2D eigenvalue weighted by atomic mass is 32.1. The van der Waals surface area contributed by atoms with E-state index in [-0.39, 0.29) is 6.10 Å². The monoisotopic (exact) mass is 524 g/mol. The van der Waals surface area contributed by atoms with Gasteiger partial charge in [-0.25, -0.2) is 19.9 Å². The Kier molecular flexibility index (Phi) is 6.85. The number of fused-ring (bicyclic) bond motifs is 1. The number of methoxy groups -OCH3 is 1. The van der Waals surface area contributed by atoms with Crippen LogP contribution in [0.2, 0.25) is 0 Å². The summed E-state index contributed by atoms with van der Waals surface area (Å²) >= 11 is 1.60. The molecule has 0 saturated carbocycles.